The molecule has 3 heteroatoms. The Bertz CT molecular complexity index is 363. The number of carbonyl (C=O) groups is 1. The minimum Gasteiger partial charge on any atom is -0.466 e. The van der Waals surface area contributed by atoms with Gasteiger partial charge in [-0.15, -0.1) is 0 Å². The zero-order valence-electron chi connectivity index (χ0n) is 10.4. The molecule has 2 nitrogen and oxygen atoms in total. The number of ether oxygens (including phenoxy) is 1. The van der Waals surface area contributed by atoms with Crippen LogP contribution < -0.4 is 0 Å². The van der Waals surface area contributed by atoms with Crippen LogP contribution in [0.1, 0.15) is 44.6 Å². The van der Waals surface area contributed by atoms with Crippen LogP contribution in [0.4, 0.5) is 4.39 Å². The Morgan fingerprint density at radius 3 is 2.76 bits per heavy atom. The molecule has 1 aromatic rings. The molecule has 0 heterocycles. The summed E-state index contributed by atoms with van der Waals surface area (Å²) in [6.45, 7) is 4.40. The van der Waals surface area contributed by atoms with E-state index in [4.69, 9.17) is 4.74 Å². The van der Waals surface area contributed by atoms with Gasteiger partial charge in [0.15, 0.2) is 0 Å². The van der Waals surface area contributed by atoms with Crippen molar-refractivity contribution in [1.29, 1.82) is 0 Å². The minimum atomic E-state index is -0.261. The largest absolute Gasteiger partial charge is 0.466 e. The molecule has 1 rings (SSSR count). The van der Waals surface area contributed by atoms with E-state index in [1.54, 1.807) is 6.07 Å². The van der Waals surface area contributed by atoms with E-state index in [9.17, 15) is 9.18 Å². The molecule has 0 amide bonds. The van der Waals surface area contributed by atoms with Gasteiger partial charge in [-0.1, -0.05) is 26.0 Å². The highest BCUT2D eigenvalue weighted by Gasteiger charge is 2.15. The lowest BCUT2D eigenvalue weighted by Crippen LogP contribution is -2.10. The average Bonchev–Trinajstić information content (AvgIpc) is 2.33. The molecule has 0 N–H and O–H groups in total. The Hall–Kier alpha value is -1.38. The predicted octanol–water partition coefficient (Wildman–Crippen LogP) is 3.66. The lowest BCUT2D eigenvalue weighted by molar-refractivity contribution is -0.144. The molecule has 1 aromatic carbocycles. The van der Waals surface area contributed by atoms with Gasteiger partial charge >= 0.3 is 5.97 Å². The Morgan fingerprint density at radius 2 is 2.18 bits per heavy atom. The molecule has 0 aliphatic carbocycles. The summed E-state index contributed by atoms with van der Waals surface area (Å²) in [7, 11) is 0. The molecule has 0 spiro atoms. The summed E-state index contributed by atoms with van der Waals surface area (Å²) in [5.74, 6) is -0.430. The first-order valence-electron chi connectivity index (χ1n) is 6.08. The summed E-state index contributed by atoms with van der Waals surface area (Å²) in [5.41, 5.74) is 0.862. The van der Waals surface area contributed by atoms with E-state index in [0.29, 0.717) is 13.0 Å². The maximum absolute atomic E-state index is 13.1. The van der Waals surface area contributed by atoms with Gasteiger partial charge in [-0.05, 0) is 36.5 Å². The van der Waals surface area contributed by atoms with E-state index in [1.165, 1.54) is 12.1 Å². The van der Waals surface area contributed by atoms with E-state index < -0.39 is 0 Å². The first-order chi connectivity index (χ1) is 8.17. The van der Waals surface area contributed by atoms with Crippen molar-refractivity contribution in [2.45, 2.75) is 39.0 Å². The average molecular weight is 238 g/mol. The standard InChI is InChI=1S/C14H19FO2/c1-3-8-17-14(16)10-11(4-2)12-6-5-7-13(15)9-12/h5-7,9,11H,3-4,8,10H2,1-2H3. The zero-order chi connectivity index (χ0) is 12.7. The predicted molar refractivity (Wildman–Crippen MR) is 65.3 cm³/mol. The maximum atomic E-state index is 13.1. The van der Waals surface area contributed by atoms with Gasteiger partial charge in [0.05, 0.1) is 13.0 Å². The molecule has 0 aliphatic rings. The van der Waals surface area contributed by atoms with Gasteiger partial charge < -0.3 is 4.74 Å². The molecule has 0 bridgehead atoms. The van der Waals surface area contributed by atoms with Crippen molar-refractivity contribution in [1.82, 2.24) is 0 Å². The number of carbonyl (C=O) groups excluding carboxylic acids is 1. The van der Waals surface area contributed by atoms with Crippen LogP contribution in [0.25, 0.3) is 0 Å². The van der Waals surface area contributed by atoms with Crippen molar-refractivity contribution in [2.24, 2.45) is 0 Å². The Kier molecular flexibility index (Phi) is 5.67. The van der Waals surface area contributed by atoms with Crippen LogP contribution in [0, 0.1) is 5.82 Å². The summed E-state index contributed by atoms with van der Waals surface area (Å²) in [5, 5.41) is 0. The molecule has 0 saturated carbocycles. The summed E-state index contributed by atoms with van der Waals surface area (Å²) in [6.07, 6.45) is 1.94. The van der Waals surface area contributed by atoms with Crippen LogP contribution >= 0.6 is 0 Å². The normalized spacial score (nSPS) is 12.2. The van der Waals surface area contributed by atoms with Crippen LogP contribution in [-0.2, 0) is 9.53 Å². The molecule has 0 saturated heterocycles. The van der Waals surface area contributed by atoms with E-state index in [1.807, 2.05) is 19.9 Å². The molecule has 17 heavy (non-hydrogen) atoms. The van der Waals surface area contributed by atoms with Gasteiger partial charge in [-0.25, -0.2) is 4.39 Å². The molecular formula is C14H19FO2. The van der Waals surface area contributed by atoms with Crippen molar-refractivity contribution in [3.8, 4) is 0 Å². The molecule has 1 atom stereocenters. The number of halogens is 1. The monoisotopic (exact) mass is 238 g/mol. The first-order valence-corrected chi connectivity index (χ1v) is 6.08. The van der Waals surface area contributed by atoms with Crippen LogP contribution in [-0.4, -0.2) is 12.6 Å². The third-order valence-corrected chi connectivity index (χ3v) is 2.69. The molecular weight excluding hydrogens is 219 g/mol. The van der Waals surface area contributed by atoms with Gasteiger partial charge in [0, 0.05) is 0 Å². The van der Waals surface area contributed by atoms with Crippen LogP contribution in [0.3, 0.4) is 0 Å². The summed E-state index contributed by atoms with van der Waals surface area (Å²) in [4.78, 5) is 11.5. The summed E-state index contributed by atoms with van der Waals surface area (Å²) in [6, 6.07) is 6.42. The quantitative estimate of drug-likeness (QED) is 0.707. The fraction of sp³-hybridized carbons (Fsp3) is 0.500. The van der Waals surface area contributed by atoms with E-state index in [2.05, 4.69) is 0 Å². The van der Waals surface area contributed by atoms with Gasteiger partial charge in [0.1, 0.15) is 5.82 Å². The fourth-order valence-corrected chi connectivity index (χ4v) is 1.73. The molecule has 0 aliphatic heterocycles. The first kappa shape index (κ1) is 13.7. The summed E-state index contributed by atoms with van der Waals surface area (Å²) >= 11 is 0. The highest BCUT2D eigenvalue weighted by Crippen LogP contribution is 2.24. The van der Waals surface area contributed by atoms with Gasteiger partial charge in [0.2, 0.25) is 0 Å². The molecule has 0 fully saturated rings. The topological polar surface area (TPSA) is 26.3 Å². The number of benzene rings is 1. The molecule has 0 aromatic heterocycles. The summed E-state index contributed by atoms with van der Waals surface area (Å²) < 4.78 is 18.1. The Labute approximate surface area is 102 Å². The SMILES string of the molecule is CCCOC(=O)CC(CC)c1cccc(F)c1. The second-order valence-electron chi connectivity index (χ2n) is 4.08. The second-order valence-corrected chi connectivity index (χ2v) is 4.08. The van der Waals surface area contributed by atoms with Gasteiger partial charge in [0.25, 0.3) is 0 Å². The lowest BCUT2D eigenvalue weighted by Gasteiger charge is -2.14. The second kappa shape index (κ2) is 7.05. The van der Waals surface area contributed by atoms with E-state index in [0.717, 1.165) is 18.4 Å². The number of esters is 1. The highest BCUT2D eigenvalue weighted by atomic mass is 19.1. The maximum Gasteiger partial charge on any atom is 0.306 e. The molecule has 1 unspecified atom stereocenters. The van der Waals surface area contributed by atoms with Crippen molar-refractivity contribution in [3.05, 3.63) is 35.6 Å². The fourth-order valence-electron chi connectivity index (χ4n) is 1.73. The Morgan fingerprint density at radius 1 is 1.41 bits per heavy atom. The van der Waals surface area contributed by atoms with Crippen molar-refractivity contribution in [2.75, 3.05) is 6.61 Å². The van der Waals surface area contributed by atoms with Crippen LogP contribution in [0.5, 0.6) is 0 Å². The van der Waals surface area contributed by atoms with Crippen molar-refractivity contribution >= 4 is 5.97 Å². The zero-order valence-corrected chi connectivity index (χ0v) is 10.4. The van der Waals surface area contributed by atoms with E-state index in [-0.39, 0.29) is 17.7 Å². The number of hydrogen-bond acceptors (Lipinski definition) is 2. The number of rotatable bonds is 6. The van der Waals surface area contributed by atoms with Gasteiger partial charge in [-0.3, -0.25) is 4.79 Å². The third-order valence-electron chi connectivity index (χ3n) is 2.69. The minimum absolute atomic E-state index is 0.0371. The number of hydrogen-bond donors (Lipinski definition) is 0. The third kappa shape index (κ3) is 4.55. The molecule has 94 valence electrons. The van der Waals surface area contributed by atoms with Crippen LogP contribution in [0.15, 0.2) is 24.3 Å². The van der Waals surface area contributed by atoms with Gasteiger partial charge in [-0.2, -0.15) is 0 Å². The van der Waals surface area contributed by atoms with E-state index >= 15 is 0 Å². The molecule has 0 radical (unpaired) electrons. The highest BCUT2D eigenvalue weighted by molar-refractivity contribution is 5.70. The smallest absolute Gasteiger partial charge is 0.306 e. The van der Waals surface area contributed by atoms with Crippen molar-refractivity contribution in [3.63, 3.8) is 0 Å². The van der Waals surface area contributed by atoms with Crippen LogP contribution in [0.2, 0.25) is 0 Å². The lowest BCUT2D eigenvalue weighted by atomic mass is 9.93. The Balaban J connectivity index is 2.62. The van der Waals surface area contributed by atoms with Crippen molar-refractivity contribution < 1.29 is 13.9 Å².